The molecule has 2 aromatic heterocycles. The standard InChI is InChI=1S/C26H32N6O2/c1-3-9-23(25-28-29-30-32(25)17-20-11-5-4-6-12-20)31(14-8-15-33)18-22-16-21-13-7-10-19(2)24(21)27-26(22)34/h4-7,10-13,16,23,33H,3,8-9,14-15,17-18H2,1-2H3,(H,27,34)/t23-/m0/s1. The van der Waals surface area contributed by atoms with Crippen molar-refractivity contribution in [1.29, 1.82) is 0 Å². The molecule has 0 saturated carbocycles. The molecule has 1 atom stereocenters. The average Bonchev–Trinajstić information content (AvgIpc) is 3.29. The molecule has 2 aromatic carbocycles. The first-order valence-electron chi connectivity index (χ1n) is 11.9. The van der Waals surface area contributed by atoms with Gasteiger partial charge in [-0.05, 0) is 52.8 Å². The van der Waals surface area contributed by atoms with Crippen molar-refractivity contribution in [2.24, 2.45) is 0 Å². The van der Waals surface area contributed by atoms with Crippen LogP contribution in [0, 0.1) is 6.92 Å². The van der Waals surface area contributed by atoms with Gasteiger partial charge in [0, 0.05) is 25.3 Å². The maximum atomic E-state index is 13.0. The highest BCUT2D eigenvalue weighted by atomic mass is 16.3. The van der Waals surface area contributed by atoms with Crippen LogP contribution < -0.4 is 5.56 Å². The molecule has 0 radical (unpaired) electrons. The molecule has 0 bridgehead atoms. The molecule has 0 aliphatic rings. The van der Waals surface area contributed by atoms with E-state index in [1.807, 2.05) is 54.1 Å². The van der Waals surface area contributed by atoms with Crippen LogP contribution in [-0.4, -0.2) is 48.3 Å². The van der Waals surface area contributed by atoms with Crippen LogP contribution in [0.1, 0.15) is 54.7 Å². The number of hydrogen-bond donors (Lipinski definition) is 2. The maximum absolute atomic E-state index is 13.0. The summed E-state index contributed by atoms with van der Waals surface area (Å²) < 4.78 is 1.84. The molecule has 34 heavy (non-hydrogen) atoms. The summed E-state index contributed by atoms with van der Waals surface area (Å²) in [7, 11) is 0. The van der Waals surface area contributed by atoms with Crippen LogP contribution in [0.15, 0.2) is 59.4 Å². The van der Waals surface area contributed by atoms with Crippen LogP contribution in [0.25, 0.3) is 10.9 Å². The number of H-pyrrole nitrogens is 1. The highest BCUT2D eigenvalue weighted by molar-refractivity contribution is 5.81. The fraction of sp³-hybridized carbons (Fsp3) is 0.385. The van der Waals surface area contributed by atoms with Gasteiger partial charge in [0.2, 0.25) is 0 Å². The number of fused-ring (bicyclic) bond motifs is 1. The van der Waals surface area contributed by atoms with E-state index >= 15 is 0 Å². The molecule has 4 rings (SSSR count). The molecule has 0 aliphatic heterocycles. The van der Waals surface area contributed by atoms with Crippen LogP contribution >= 0.6 is 0 Å². The van der Waals surface area contributed by atoms with Gasteiger partial charge in [-0.15, -0.1) is 5.10 Å². The fourth-order valence-corrected chi connectivity index (χ4v) is 4.45. The van der Waals surface area contributed by atoms with E-state index < -0.39 is 0 Å². The van der Waals surface area contributed by atoms with Crippen LogP contribution in [0.5, 0.6) is 0 Å². The topological polar surface area (TPSA) is 99.9 Å². The Bertz CT molecular complexity index is 1270. The average molecular weight is 461 g/mol. The molecule has 8 heteroatoms. The Morgan fingerprint density at radius 3 is 2.74 bits per heavy atom. The Morgan fingerprint density at radius 2 is 1.97 bits per heavy atom. The van der Waals surface area contributed by atoms with E-state index in [9.17, 15) is 9.90 Å². The first kappa shape index (κ1) is 23.8. The SMILES string of the molecule is CCC[C@@H](c1nnnn1Cc1ccccc1)N(CCCO)Cc1cc2cccc(C)c2[nH]c1=O. The molecule has 0 unspecified atom stereocenters. The molecule has 178 valence electrons. The monoisotopic (exact) mass is 460 g/mol. The van der Waals surface area contributed by atoms with E-state index in [1.165, 1.54) is 0 Å². The number of aliphatic hydroxyl groups excluding tert-OH is 1. The highest BCUT2D eigenvalue weighted by Crippen LogP contribution is 2.27. The van der Waals surface area contributed by atoms with Crippen molar-refractivity contribution in [2.45, 2.75) is 52.2 Å². The zero-order valence-electron chi connectivity index (χ0n) is 19.8. The van der Waals surface area contributed by atoms with Gasteiger partial charge >= 0.3 is 0 Å². The van der Waals surface area contributed by atoms with Gasteiger partial charge in [-0.25, -0.2) is 4.68 Å². The molecule has 2 N–H and O–H groups in total. The van der Waals surface area contributed by atoms with Gasteiger partial charge in [0.25, 0.3) is 5.56 Å². The van der Waals surface area contributed by atoms with Gasteiger partial charge in [0.05, 0.1) is 18.1 Å². The molecule has 0 amide bonds. The first-order chi connectivity index (χ1) is 16.6. The van der Waals surface area contributed by atoms with E-state index in [0.29, 0.717) is 31.6 Å². The quantitative estimate of drug-likeness (QED) is 0.355. The second-order valence-electron chi connectivity index (χ2n) is 8.70. The summed E-state index contributed by atoms with van der Waals surface area (Å²) in [5.74, 6) is 0.775. The summed E-state index contributed by atoms with van der Waals surface area (Å²) in [4.78, 5) is 18.3. The Balaban J connectivity index is 1.68. The van der Waals surface area contributed by atoms with E-state index in [-0.39, 0.29) is 18.2 Å². The Kier molecular flexibility index (Phi) is 7.82. The van der Waals surface area contributed by atoms with Crippen LogP contribution in [0.3, 0.4) is 0 Å². The van der Waals surface area contributed by atoms with Crippen molar-refractivity contribution in [2.75, 3.05) is 13.2 Å². The van der Waals surface area contributed by atoms with Crippen molar-refractivity contribution in [3.05, 3.63) is 87.5 Å². The number of benzene rings is 2. The van der Waals surface area contributed by atoms with Crippen molar-refractivity contribution >= 4 is 10.9 Å². The van der Waals surface area contributed by atoms with E-state index in [2.05, 4.69) is 44.5 Å². The number of nitrogens with zero attached hydrogens (tertiary/aromatic N) is 5. The second-order valence-corrected chi connectivity index (χ2v) is 8.70. The normalized spacial score (nSPS) is 12.5. The van der Waals surface area contributed by atoms with E-state index in [0.717, 1.165) is 40.7 Å². The van der Waals surface area contributed by atoms with Crippen molar-refractivity contribution in [3.8, 4) is 0 Å². The third-order valence-electron chi connectivity index (χ3n) is 6.18. The smallest absolute Gasteiger partial charge is 0.252 e. The molecule has 0 saturated heterocycles. The summed E-state index contributed by atoms with van der Waals surface area (Å²) in [6, 6.07) is 18.0. The summed E-state index contributed by atoms with van der Waals surface area (Å²) in [6.45, 7) is 5.86. The fourth-order valence-electron chi connectivity index (χ4n) is 4.45. The van der Waals surface area contributed by atoms with Crippen molar-refractivity contribution in [3.63, 3.8) is 0 Å². The molecule has 0 spiro atoms. The number of tetrazole rings is 1. The van der Waals surface area contributed by atoms with E-state index in [1.54, 1.807) is 0 Å². The number of aliphatic hydroxyl groups is 1. The van der Waals surface area contributed by atoms with Gasteiger partial charge in [-0.2, -0.15) is 0 Å². The lowest BCUT2D eigenvalue weighted by atomic mass is 10.1. The molecule has 2 heterocycles. The minimum Gasteiger partial charge on any atom is -0.396 e. The minimum atomic E-state index is -0.0880. The van der Waals surface area contributed by atoms with Crippen LogP contribution in [0.4, 0.5) is 0 Å². The Morgan fingerprint density at radius 1 is 1.15 bits per heavy atom. The van der Waals surface area contributed by atoms with Gasteiger partial charge in [-0.3, -0.25) is 9.69 Å². The second kappa shape index (κ2) is 11.2. The minimum absolute atomic E-state index is 0.0807. The molecular formula is C26H32N6O2. The van der Waals surface area contributed by atoms with Gasteiger partial charge in [-0.1, -0.05) is 61.9 Å². The first-order valence-corrected chi connectivity index (χ1v) is 11.9. The van der Waals surface area contributed by atoms with Crippen LogP contribution in [-0.2, 0) is 13.1 Å². The van der Waals surface area contributed by atoms with Crippen LogP contribution in [0.2, 0.25) is 0 Å². The lowest BCUT2D eigenvalue weighted by Crippen LogP contribution is -2.34. The maximum Gasteiger partial charge on any atom is 0.252 e. The zero-order chi connectivity index (χ0) is 23.9. The molecule has 8 nitrogen and oxygen atoms in total. The number of rotatable bonds is 11. The molecule has 4 aromatic rings. The number of hydrogen-bond acceptors (Lipinski definition) is 6. The number of para-hydroxylation sites is 1. The summed E-state index contributed by atoms with van der Waals surface area (Å²) in [5.41, 5.74) is 3.64. The summed E-state index contributed by atoms with van der Waals surface area (Å²) in [6.07, 6.45) is 2.38. The molecule has 0 aliphatic carbocycles. The Labute approximate surface area is 199 Å². The largest absolute Gasteiger partial charge is 0.396 e. The van der Waals surface area contributed by atoms with Gasteiger partial charge < -0.3 is 10.1 Å². The highest BCUT2D eigenvalue weighted by Gasteiger charge is 2.26. The van der Waals surface area contributed by atoms with Gasteiger partial charge in [0.1, 0.15) is 0 Å². The lowest BCUT2D eigenvalue weighted by Gasteiger charge is -2.30. The number of aromatic amines is 1. The van der Waals surface area contributed by atoms with Gasteiger partial charge in [0.15, 0.2) is 5.82 Å². The summed E-state index contributed by atoms with van der Waals surface area (Å²) in [5, 5.41) is 23.2. The number of aromatic nitrogens is 5. The number of aryl methyl sites for hydroxylation is 1. The third kappa shape index (κ3) is 5.40. The van der Waals surface area contributed by atoms with Crippen molar-refractivity contribution < 1.29 is 5.11 Å². The predicted octanol–water partition coefficient (Wildman–Crippen LogP) is 3.60. The van der Waals surface area contributed by atoms with Crippen molar-refractivity contribution in [1.82, 2.24) is 30.1 Å². The Hall–Kier alpha value is -3.36. The lowest BCUT2D eigenvalue weighted by molar-refractivity contribution is 0.148. The third-order valence-corrected chi connectivity index (χ3v) is 6.18. The summed E-state index contributed by atoms with van der Waals surface area (Å²) >= 11 is 0. The number of pyridine rings is 1. The molecular weight excluding hydrogens is 428 g/mol. The predicted molar refractivity (Wildman–Crippen MR) is 132 cm³/mol. The molecule has 0 fully saturated rings. The van der Waals surface area contributed by atoms with E-state index in [4.69, 9.17) is 0 Å². The number of nitrogens with one attached hydrogen (secondary N) is 1. The zero-order valence-corrected chi connectivity index (χ0v) is 19.8.